The van der Waals surface area contributed by atoms with Gasteiger partial charge in [0.15, 0.2) is 0 Å². The van der Waals surface area contributed by atoms with E-state index < -0.39 is 0 Å². The number of ether oxygens (including phenoxy) is 1. The number of rotatable bonds is 5. The lowest BCUT2D eigenvalue weighted by atomic mass is 10.3. The van der Waals surface area contributed by atoms with Crippen LogP contribution in [0.4, 0.5) is 5.69 Å². The molecule has 0 fully saturated rings. The highest BCUT2D eigenvalue weighted by molar-refractivity contribution is 7.18. The van der Waals surface area contributed by atoms with Gasteiger partial charge in [0.1, 0.15) is 5.75 Å². The average Bonchev–Trinajstić information content (AvgIpc) is 2.97. The Balaban J connectivity index is 1.54. The first kappa shape index (κ1) is 16.1. The molecule has 0 aliphatic carbocycles. The molecule has 0 bridgehead atoms. The number of carbonyl (C=O) groups is 2. The number of fused-ring (bicyclic) bond motifs is 1. The van der Waals surface area contributed by atoms with Crippen LogP contribution in [0.3, 0.4) is 0 Å². The van der Waals surface area contributed by atoms with E-state index in [0.29, 0.717) is 17.9 Å². The SMILES string of the molecule is CC(=O)Nc1ccc(OC(=O)CCc2nc3ccccc3s2)cc1. The molecule has 1 N–H and O–H groups in total. The van der Waals surface area contributed by atoms with Gasteiger partial charge in [-0.25, -0.2) is 4.98 Å². The number of aromatic nitrogens is 1. The van der Waals surface area contributed by atoms with E-state index >= 15 is 0 Å². The van der Waals surface area contributed by atoms with Gasteiger partial charge in [-0.2, -0.15) is 0 Å². The van der Waals surface area contributed by atoms with E-state index in [-0.39, 0.29) is 18.3 Å². The molecule has 0 saturated carbocycles. The van der Waals surface area contributed by atoms with Gasteiger partial charge < -0.3 is 10.1 Å². The maximum absolute atomic E-state index is 11.9. The van der Waals surface area contributed by atoms with Crippen molar-refractivity contribution >= 4 is 39.1 Å². The standard InChI is InChI=1S/C18H16N2O3S/c1-12(21)19-13-6-8-14(9-7-13)23-18(22)11-10-17-20-15-4-2-3-5-16(15)24-17/h2-9H,10-11H2,1H3,(H,19,21). The maximum Gasteiger partial charge on any atom is 0.311 e. The number of thiazole rings is 1. The number of hydrogen-bond acceptors (Lipinski definition) is 5. The van der Waals surface area contributed by atoms with Crippen molar-refractivity contribution < 1.29 is 14.3 Å². The van der Waals surface area contributed by atoms with Crippen molar-refractivity contribution in [1.29, 1.82) is 0 Å². The van der Waals surface area contributed by atoms with Crippen molar-refractivity contribution in [3.05, 3.63) is 53.5 Å². The van der Waals surface area contributed by atoms with Crippen LogP contribution in [0.25, 0.3) is 10.2 Å². The summed E-state index contributed by atoms with van der Waals surface area (Å²) in [7, 11) is 0. The van der Waals surface area contributed by atoms with E-state index in [4.69, 9.17) is 4.74 Å². The van der Waals surface area contributed by atoms with E-state index in [1.165, 1.54) is 6.92 Å². The van der Waals surface area contributed by atoms with Crippen molar-refractivity contribution in [1.82, 2.24) is 4.98 Å². The number of nitrogens with zero attached hydrogens (tertiary/aromatic N) is 1. The third-order valence-electron chi connectivity index (χ3n) is 3.29. The summed E-state index contributed by atoms with van der Waals surface area (Å²) in [6.07, 6.45) is 0.829. The normalized spacial score (nSPS) is 10.5. The van der Waals surface area contributed by atoms with Gasteiger partial charge in [0.25, 0.3) is 0 Å². The zero-order chi connectivity index (χ0) is 16.9. The monoisotopic (exact) mass is 340 g/mol. The van der Waals surface area contributed by atoms with E-state index in [2.05, 4.69) is 10.3 Å². The Morgan fingerprint density at radius 2 is 1.88 bits per heavy atom. The smallest absolute Gasteiger partial charge is 0.311 e. The second-order valence-corrected chi connectivity index (χ2v) is 6.37. The molecule has 0 atom stereocenters. The number of carbonyl (C=O) groups excluding carboxylic acids is 2. The largest absolute Gasteiger partial charge is 0.427 e. The Labute approximate surface area is 143 Å². The molecular weight excluding hydrogens is 324 g/mol. The Hall–Kier alpha value is -2.73. The third kappa shape index (κ3) is 4.17. The highest BCUT2D eigenvalue weighted by atomic mass is 32.1. The number of anilines is 1. The molecule has 2 aromatic carbocycles. The fourth-order valence-corrected chi connectivity index (χ4v) is 3.19. The van der Waals surface area contributed by atoms with Crippen LogP contribution in [0.2, 0.25) is 0 Å². The second kappa shape index (κ2) is 7.23. The molecule has 0 unspecified atom stereocenters. The molecule has 122 valence electrons. The molecule has 24 heavy (non-hydrogen) atoms. The van der Waals surface area contributed by atoms with Gasteiger partial charge in [-0.15, -0.1) is 11.3 Å². The predicted octanol–water partition coefficient (Wildman–Crippen LogP) is 3.79. The number of para-hydroxylation sites is 1. The summed E-state index contributed by atoms with van der Waals surface area (Å²) < 4.78 is 6.42. The molecule has 3 aromatic rings. The van der Waals surface area contributed by atoms with Crippen LogP contribution in [0, 0.1) is 0 Å². The van der Waals surface area contributed by atoms with Crippen molar-refractivity contribution in [2.75, 3.05) is 5.32 Å². The highest BCUT2D eigenvalue weighted by Crippen LogP contribution is 2.23. The molecule has 1 amide bonds. The lowest BCUT2D eigenvalue weighted by Gasteiger charge is -2.05. The molecule has 1 aromatic heterocycles. The quantitative estimate of drug-likeness (QED) is 0.567. The lowest BCUT2D eigenvalue weighted by molar-refractivity contribution is -0.134. The molecule has 0 spiro atoms. The van der Waals surface area contributed by atoms with Gasteiger partial charge in [-0.1, -0.05) is 12.1 Å². The van der Waals surface area contributed by atoms with Crippen molar-refractivity contribution in [2.45, 2.75) is 19.8 Å². The Morgan fingerprint density at radius 3 is 2.58 bits per heavy atom. The molecule has 5 nitrogen and oxygen atoms in total. The minimum atomic E-state index is -0.304. The number of aryl methyl sites for hydroxylation is 1. The van der Waals surface area contributed by atoms with E-state index in [1.54, 1.807) is 35.6 Å². The first-order valence-corrected chi connectivity index (χ1v) is 8.34. The van der Waals surface area contributed by atoms with Gasteiger partial charge in [0.05, 0.1) is 21.6 Å². The molecule has 6 heteroatoms. The van der Waals surface area contributed by atoms with E-state index in [9.17, 15) is 9.59 Å². The fraction of sp³-hybridized carbons (Fsp3) is 0.167. The lowest BCUT2D eigenvalue weighted by Crippen LogP contribution is -2.09. The van der Waals surface area contributed by atoms with Gasteiger partial charge in [0, 0.05) is 19.0 Å². The summed E-state index contributed by atoms with van der Waals surface area (Å²) >= 11 is 1.59. The molecule has 0 radical (unpaired) electrons. The van der Waals surface area contributed by atoms with Gasteiger partial charge in [-0.3, -0.25) is 9.59 Å². The minimum Gasteiger partial charge on any atom is -0.427 e. The Bertz CT molecular complexity index is 838. The molecule has 1 heterocycles. The summed E-state index contributed by atoms with van der Waals surface area (Å²) in [5.41, 5.74) is 1.62. The highest BCUT2D eigenvalue weighted by Gasteiger charge is 2.09. The first-order valence-electron chi connectivity index (χ1n) is 7.53. The molecule has 0 saturated heterocycles. The average molecular weight is 340 g/mol. The van der Waals surface area contributed by atoms with Crippen LogP contribution >= 0.6 is 11.3 Å². The van der Waals surface area contributed by atoms with Crippen LogP contribution in [0.1, 0.15) is 18.4 Å². The summed E-state index contributed by atoms with van der Waals surface area (Å²) in [6, 6.07) is 14.6. The van der Waals surface area contributed by atoms with Crippen molar-refractivity contribution in [2.24, 2.45) is 0 Å². The van der Waals surface area contributed by atoms with E-state index in [1.807, 2.05) is 24.3 Å². The summed E-state index contributed by atoms with van der Waals surface area (Å²) in [5.74, 6) is 0.00974. The molecule has 3 rings (SSSR count). The van der Waals surface area contributed by atoms with E-state index in [0.717, 1.165) is 15.2 Å². The second-order valence-electron chi connectivity index (χ2n) is 5.25. The van der Waals surface area contributed by atoms with Crippen LogP contribution in [0.15, 0.2) is 48.5 Å². The molecular formula is C18H16N2O3S. The van der Waals surface area contributed by atoms with Crippen LogP contribution in [-0.2, 0) is 16.0 Å². The summed E-state index contributed by atoms with van der Waals surface area (Å²) in [5, 5.41) is 3.58. The summed E-state index contributed by atoms with van der Waals surface area (Å²) in [6.45, 7) is 1.44. The van der Waals surface area contributed by atoms with Crippen LogP contribution in [-0.4, -0.2) is 16.9 Å². The number of esters is 1. The minimum absolute atomic E-state index is 0.143. The maximum atomic E-state index is 11.9. The van der Waals surface area contributed by atoms with Crippen molar-refractivity contribution in [3.63, 3.8) is 0 Å². The topological polar surface area (TPSA) is 68.3 Å². The number of amides is 1. The van der Waals surface area contributed by atoms with Crippen molar-refractivity contribution in [3.8, 4) is 5.75 Å². The predicted molar refractivity (Wildman–Crippen MR) is 94.3 cm³/mol. The van der Waals surface area contributed by atoms with Gasteiger partial charge >= 0.3 is 5.97 Å². The van der Waals surface area contributed by atoms with Gasteiger partial charge in [0.2, 0.25) is 5.91 Å². The first-order chi connectivity index (χ1) is 11.6. The summed E-state index contributed by atoms with van der Waals surface area (Å²) in [4.78, 5) is 27.4. The number of benzene rings is 2. The van der Waals surface area contributed by atoms with Crippen LogP contribution in [0.5, 0.6) is 5.75 Å². The fourth-order valence-electron chi connectivity index (χ4n) is 2.23. The number of hydrogen-bond donors (Lipinski definition) is 1. The molecule has 0 aliphatic heterocycles. The zero-order valence-corrected chi connectivity index (χ0v) is 13.9. The third-order valence-corrected chi connectivity index (χ3v) is 4.38. The number of nitrogens with one attached hydrogen (secondary N) is 1. The van der Waals surface area contributed by atoms with Gasteiger partial charge in [-0.05, 0) is 36.4 Å². The zero-order valence-electron chi connectivity index (χ0n) is 13.1. The Kier molecular flexibility index (Phi) is 4.86. The Morgan fingerprint density at radius 1 is 1.12 bits per heavy atom. The molecule has 0 aliphatic rings. The van der Waals surface area contributed by atoms with Crippen LogP contribution < -0.4 is 10.1 Å².